The van der Waals surface area contributed by atoms with Crippen LogP contribution >= 0.6 is 11.6 Å². The van der Waals surface area contributed by atoms with Gasteiger partial charge in [0, 0.05) is 39.8 Å². The smallest absolute Gasteiger partial charge is 0.121 e. The van der Waals surface area contributed by atoms with Gasteiger partial charge in [-0.25, -0.2) is 4.39 Å². The number of hydrogen-bond donors (Lipinski definition) is 0. The molecule has 18 heavy (non-hydrogen) atoms. The molecule has 0 amide bonds. The Hall–Kier alpha value is -0.436. The molecular formula is C14H12ClFNY-. The van der Waals surface area contributed by atoms with Crippen molar-refractivity contribution in [3.8, 4) is 0 Å². The molecule has 0 bridgehead atoms. The van der Waals surface area contributed by atoms with Gasteiger partial charge in [0.1, 0.15) is 5.82 Å². The standard InChI is InChI=1S/C14H12ClFN.Y/c1-9-8-11(16)4-5-12(9)14-7-6-13(15)10(2)17(14)3;/h4-6,8H,2H2,1,3H3;/q-1;. The molecule has 0 N–H and O–H groups in total. The second-order valence-electron chi connectivity index (χ2n) is 3.95. The molecule has 1 aliphatic rings. The molecule has 0 unspecified atom stereocenters. The van der Waals surface area contributed by atoms with Gasteiger partial charge < -0.3 is 4.90 Å². The fourth-order valence-corrected chi connectivity index (χ4v) is 1.94. The van der Waals surface area contributed by atoms with Crippen LogP contribution in [0.5, 0.6) is 0 Å². The SMILES string of the molecule is C=C1C(Cl)=C[C-]=C(c2ccc(F)cc2C)N1C.[Y]. The van der Waals surface area contributed by atoms with E-state index in [0.29, 0.717) is 10.7 Å². The van der Waals surface area contributed by atoms with Gasteiger partial charge in [0.2, 0.25) is 0 Å². The number of halogens is 2. The number of nitrogens with zero attached hydrogens (tertiary/aromatic N) is 1. The summed E-state index contributed by atoms with van der Waals surface area (Å²) in [7, 11) is 1.86. The van der Waals surface area contributed by atoms with Crippen LogP contribution in [0.1, 0.15) is 11.1 Å². The molecule has 1 aromatic rings. The monoisotopic (exact) mass is 337 g/mol. The minimum absolute atomic E-state index is 0. The maximum Gasteiger partial charge on any atom is 0.121 e. The molecule has 1 heterocycles. The van der Waals surface area contributed by atoms with Crippen LogP contribution in [-0.2, 0) is 32.7 Å². The summed E-state index contributed by atoms with van der Waals surface area (Å²) in [6.07, 6.45) is 4.77. The molecule has 0 aliphatic carbocycles. The summed E-state index contributed by atoms with van der Waals surface area (Å²) >= 11 is 5.96. The van der Waals surface area contributed by atoms with Gasteiger partial charge in [-0.15, -0.1) is 6.07 Å². The zero-order valence-electron chi connectivity index (χ0n) is 10.3. The number of hydrogen-bond acceptors (Lipinski definition) is 1. The van der Waals surface area contributed by atoms with Crippen molar-refractivity contribution >= 4 is 17.3 Å². The van der Waals surface area contributed by atoms with E-state index in [1.165, 1.54) is 12.1 Å². The summed E-state index contributed by atoms with van der Waals surface area (Å²) in [5, 5.41) is 0.566. The predicted molar refractivity (Wildman–Crippen MR) is 68.6 cm³/mol. The van der Waals surface area contributed by atoms with Gasteiger partial charge >= 0.3 is 0 Å². The average Bonchev–Trinajstić information content (AvgIpc) is 2.28. The Balaban J connectivity index is 0.00000162. The second-order valence-corrected chi connectivity index (χ2v) is 4.36. The number of rotatable bonds is 1. The fourth-order valence-electron chi connectivity index (χ4n) is 1.76. The van der Waals surface area contributed by atoms with Crippen LogP contribution < -0.4 is 0 Å². The van der Waals surface area contributed by atoms with Crippen molar-refractivity contribution in [2.75, 3.05) is 7.05 Å². The van der Waals surface area contributed by atoms with Crippen molar-refractivity contribution in [3.63, 3.8) is 0 Å². The van der Waals surface area contributed by atoms with Crippen LogP contribution in [0.4, 0.5) is 4.39 Å². The Kier molecular flexibility index (Phi) is 5.33. The van der Waals surface area contributed by atoms with Crippen molar-refractivity contribution in [1.29, 1.82) is 0 Å². The molecule has 0 fully saturated rings. The van der Waals surface area contributed by atoms with Gasteiger partial charge in [-0.2, -0.15) is 23.8 Å². The summed E-state index contributed by atoms with van der Waals surface area (Å²) in [4.78, 5) is 1.85. The molecule has 1 aliphatic heterocycles. The topological polar surface area (TPSA) is 3.24 Å². The van der Waals surface area contributed by atoms with Crippen molar-refractivity contribution in [2.45, 2.75) is 6.92 Å². The van der Waals surface area contributed by atoms with Gasteiger partial charge in [-0.3, -0.25) is 0 Å². The van der Waals surface area contributed by atoms with E-state index in [0.717, 1.165) is 16.8 Å². The predicted octanol–water partition coefficient (Wildman–Crippen LogP) is 3.86. The molecule has 0 spiro atoms. The number of allylic oxidation sites excluding steroid dienone is 3. The molecule has 2 rings (SSSR count). The second kappa shape index (κ2) is 6.14. The molecule has 91 valence electrons. The van der Waals surface area contributed by atoms with Crippen LogP contribution in [0.3, 0.4) is 0 Å². The Morgan fingerprint density at radius 3 is 2.67 bits per heavy atom. The van der Waals surface area contributed by atoms with E-state index in [9.17, 15) is 4.39 Å². The third-order valence-corrected chi connectivity index (χ3v) is 3.12. The van der Waals surface area contributed by atoms with Crippen LogP contribution in [0, 0.1) is 18.8 Å². The summed E-state index contributed by atoms with van der Waals surface area (Å²) in [5.41, 5.74) is 3.34. The normalized spacial score (nSPS) is 14.9. The zero-order chi connectivity index (χ0) is 12.6. The average molecular weight is 338 g/mol. The Morgan fingerprint density at radius 2 is 2.06 bits per heavy atom. The molecular weight excluding hydrogens is 326 g/mol. The summed E-state index contributed by atoms with van der Waals surface area (Å²) in [6, 6.07) is 4.68. The van der Waals surface area contributed by atoms with Gasteiger partial charge in [-0.05, 0) is 22.9 Å². The fraction of sp³-hybridized carbons (Fsp3) is 0.143. The van der Waals surface area contributed by atoms with Crippen LogP contribution in [0.25, 0.3) is 5.70 Å². The van der Waals surface area contributed by atoms with E-state index < -0.39 is 0 Å². The summed E-state index contributed by atoms with van der Waals surface area (Å²) in [6.45, 7) is 5.75. The summed E-state index contributed by atoms with van der Waals surface area (Å²) in [5.74, 6) is -0.238. The molecule has 0 aromatic heterocycles. The largest absolute Gasteiger partial charge is 0.377 e. The zero-order valence-corrected chi connectivity index (χ0v) is 13.9. The van der Waals surface area contributed by atoms with Crippen LogP contribution in [0.2, 0.25) is 0 Å². The minimum atomic E-state index is -0.238. The van der Waals surface area contributed by atoms with Crippen molar-refractivity contribution in [1.82, 2.24) is 4.90 Å². The van der Waals surface area contributed by atoms with E-state index in [-0.39, 0.29) is 38.5 Å². The number of aryl methyl sites for hydroxylation is 1. The molecule has 1 nitrogen and oxygen atoms in total. The van der Waals surface area contributed by atoms with E-state index in [2.05, 4.69) is 12.7 Å². The van der Waals surface area contributed by atoms with Crippen LogP contribution in [0.15, 0.2) is 41.6 Å². The van der Waals surface area contributed by atoms with Crippen molar-refractivity contribution in [3.05, 3.63) is 64.6 Å². The maximum absolute atomic E-state index is 13.1. The first kappa shape index (κ1) is 15.6. The van der Waals surface area contributed by atoms with E-state index >= 15 is 0 Å². The third kappa shape index (κ3) is 2.93. The first-order valence-electron chi connectivity index (χ1n) is 5.19. The van der Waals surface area contributed by atoms with Gasteiger partial charge in [0.15, 0.2) is 0 Å². The van der Waals surface area contributed by atoms with E-state index in [1.807, 2.05) is 18.9 Å². The molecule has 4 heteroatoms. The molecule has 1 aromatic carbocycles. The molecule has 0 saturated heterocycles. The first-order chi connectivity index (χ1) is 8.00. The first-order valence-corrected chi connectivity index (χ1v) is 5.57. The number of likely N-dealkylation sites (N-methyl/N-ethyl adjacent to an activating group) is 1. The minimum Gasteiger partial charge on any atom is -0.377 e. The molecule has 0 atom stereocenters. The molecule has 1 radical (unpaired) electrons. The number of benzene rings is 1. The Bertz CT molecular complexity index is 549. The maximum atomic E-state index is 13.1. The van der Waals surface area contributed by atoms with Crippen LogP contribution in [-0.4, -0.2) is 11.9 Å². The Morgan fingerprint density at radius 1 is 1.39 bits per heavy atom. The van der Waals surface area contributed by atoms with Gasteiger partial charge in [0.05, 0.1) is 0 Å². The quantitative estimate of drug-likeness (QED) is 0.704. The third-order valence-electron chi connectivity index (χ3n) is 2.80. The van der Waals surface area contributed by atoms with Crippen molar-refractivity contribution < 1.29 is 37.1 Å². The van der Waals surface area contributed by atoms with Gasteiger partial charge in [0.25, 0.3) is 0 Å². The van der Waals surface area contributed by atoms with E-state index in [4.69, 9.17) is 11.6 Å². The molecule has 0 saturated carbocycles. The van der Waals surface area contributed by atoms with E-state index in [1.54, 1.807) is 12.1 Å². The Labute approximate surface area is 137 Å². The summed E-state index contributed by atoms with van der Waals surface area (Å²) < 4.78 is 13.1. The van der Waals surface area contributed by atoms with Crippen molar-refractivity contribution in [2.24, 2.45) is 0 Å². The van der Waals surface area contributed by atoms with Gasteiger partial charge in [-0.1, -0.05) is 30.3 Å².